The maximum Gasteiger partial charge on any atom is 0.260 e. The number of benzene rings is 3. The number of fused-ring (bicyclic) bond motifs is 1. The van der Waals surface area contributed by atoms with Gasteiger partial charge in [-0.15, -0.1) is 0 Å². The average molecular weight is 720 g/mol. The van der Waals surface area contributed by atoms with Gasteiger partial charge in [-0.2, -0.15) is 4.98 Å². The number of anilines is 3. The van der Waals surface area contributed by atoms with Crippen LogP contribution >= 0.6 is 0 Å². The Hall–Kier alpha value is -4.70. The molecule has 1 fully saturated rings. The average Bonchev–Trinajstić information content (AvgIpc) is 3.08. The zero-order valence-corrected chi connectivity index (χ0v) is 29.5. The highest BCUT2D eigenvalue weighted by atomic mass is 32.2. The molecule has 1 aliphatic rings. The van der Waals surface area contributed by atoms with Gasteiger partial charge in [0.05, 0.1) is 21.6 Å². The van der Waals surface area contributed by atoms with Crippen molar-refractivity contribution >= 4 is 48.2 Å². The fraction of sp³-hybridized carbons (Fsp3) is 0.286. The van der Waals surface area contributed by atoms with Crippen molar-refractivity contribution in [3.8, 4) is 11.1 Å². The quantitative estimate of drug-likeness (QED) is 0.199. The fourth-order valence-electron chi connectivity index (χ4n) is 5.94. The van der Waals surface area contributed by atoms with Gasteiger partial charge in [-0.25, -0.2) is 30.5 Å². The van der Waals surface area contributed by atoms with Crippen LogP contribution in [-0.4, -0.2) is 86.6 Å². The number of nitrogens with zero attached hydrogens (tertiary/aromatic N) is 5. The zero-order valence-electron chi connectivity index (χ0n) is 27.9. The summed E-state index contributed by atoms with van der Waals surface area (Å²) >= 11 is 0. The summed E-state index contributed by atoms with van der Waals surface area (Å²) in [5.74, 6) is -0.711. The van der Waals surface area contributed by atoms with Gasteiger partial charge in [0.1, 0.15) is 11.5 Å². The Labute approximate surface area is 290 Å². The molecule has 0 amide bonds. The molecular weight excluding hydrogens is 682 g/mol. The fourth-order valence-corrected chi connectivity index (χ4v) is 7.65. The van der Waals surface area contributed by atoms with Crippen molar-refractivity contribution in [2.75, 3.05) is 50.6 Å². The molecule has 15 heteroatoms. The summed E-state index contributed by atoms with van der Waals surface area (Å²) in [6.07, 6.45) is 4.80. The summed E-state index contributed by atoms with van der Waals surface area (Å²) in [5.41, 5.74) is 1.10. The van der Waals surface area contributed by atoms with Crippen LogP contribution in [0.1, 0.15) is 12.8 Å². The summed E-state index contributed by atoms with van der Waals surface area (Å²) in [5, 5.41) is 7.13. The number of halogens is 1. The summed E-state index contributed by atoms with van der Waals surface area (Å²) in [6.45, 7) is 1.92. The Morgan fingerprint density at radius 1 is 0.940 bits per heavy atom. The second kappa shape index (κ2) is 14.3. The van der Waals surface area contributed by atoms with E-state index in [2.05, 4.69) is 32.5 Å². The molecule has 1 saturated heterocycles. The highest BCUT2D eigenvalue weighted by Crippen LogP contribution is 2.29. The second-order valence-electron chi connectivity index (χ2n) is 12.5. The Morgan fingerprint density at radius 3 is 2.34 bits per heavy atom. The number of aromatic nitrogens is 3. The Balaban J connectivity index is 1.33. The molecule has 1 atom stereocenters. The number of hydrogen-bond acceptors (Lipinski definition) is 10. The van der Waals surface area contributed by atoms with E-state index in [1.165, 1.54) is 48.1 Å². The van der Waals surface area contributed by atoms with E-state index in [-0.39, 0.29) is 45.6 Å². The topological polar surface area (TPSA) is 147 Å². The lowest BCUT2D eigenvalue weighted by Gasteiger charge is -2.30. The lowest BCUT2D eigenvalue weighted by Crippen LogP contribution is -2.39. The first-order valence-electron chi connectivity index (χ1n) is 16.0. The molecule has 3 aromatic carbocycles. The number of sulfone groups is 1. The molecular formula is C35H38FN7O5S2. The molecule has 6 rings (SSSR count). The largest absolute Gasteiger partial charge is 0.381 e. The van der Waals surface area contributed by atoms with Gasteiger partial charge >= 0.3 is 0 Å². The number of likely N-dealkylation sites (tertiary alicyclic amines) is 1. The van der Waals surface area contributed by atoms with Gasteiger partial charge in [0.15, 0.2) is 0 Å². The second-order valence-corrected chi connectivity index (χ2v) is 16.5. The van der Waals surface area contributed by atoms with Crippen LogP contribution in [0.3, 0.4) is 0 Å². The lowest BCUT2D eigenvalue weighted by molar-refractivity contribution is 0.261. The SMILES string of the molecule is CN1CCCC(Nc2ccc(Nc3ncc4cc(-c5ccc(S(=O)(=O)c6ccccc6)cc5F)c(=O)n(CCN(C)S(C)(=O)=O)c4n3)cc2)C1. The van der Waals surface area contributed by atoms with E-state index in [1.807, 2.05) is 24.3 Å². The summed E-state index contributed by atoms with van der Waals surface area (Å²) in [4.78, 5) is 25.1. The van der Waals surface area contributed by atoms with Crippen LogP contribution in [0.4, 0.5) is 21.7 Å². The van der Waals surface area contributed by atoms with E-state index < -0.39 is 31.2 Å². The summed E-state index contributed by atoms with van der Waals surface area (Å²) < 4.78 is 68.6. The van der Waals surface area contributed by atoms with Crippen LogP contribution in [0.25, 0.3) is 22.2 Å². The van der Waals surface area contributed by atoms with Gasteiger partial charge in [0, 0.05) is 61.2 Å². The molecule has 2 N–H and O–H groups in total. The molecule has 3 heterocycles. The number of rotatable bonds is 11. The van der Waals surface area contributed by atoms with Crippen molar-refractivity contribution in [2.45, 2.75) is 35.2 Å². The van der Waals surface area contributed by atoms with Gasteiger partial charge in [-0.3, -0.25) is 9.36 Å². The normalized spacial score (nSPS) is 15.7. The van der Waals surface area contributed by atoms with E-state index in [1.54, 1.807) is 18.2 Å². The van der Waals surface area contributed by atoms with Crippen LogP contribution in [0.2, 0.25) is 0 Å². The Morgan fingerprint density at radius 2 is 1.66 bits per heavy atom. The predicted octanol–water partition coefficient (Wildman–Crippen LogP) is 4.57. The molecule has 0 saturated carbocycles. The molecule has 0 spiro atoms. The Bertz CT molecular complexity index is 2300. The van der Waals surface area contributed by atoms with Gasteiger partial charge in [-0.05, 0) is 87.1 Å². The maximum absolute atomic E-state index is 15.7. The molecule has 0 bridgehead atoms. The third kappa shape index (κ3) is 7.70. The molecule has 1 unspecified atom stereocenters. The monoisotopic (exact) mass is 719 g/mol. The first-order chi connectivity index (χ1) is 23.8. The van der Waals surface area contributed by atoms with E-state index in [0.717, 1.165) is 48.2 Å². The molecule has 1 aliphatic heterocycles. The van der Waals surface area contributed by atoms with Gasteiger partial charge in [-0.1, -0.05) is 18.2 Å². The third-order valence-corrected chi connectivity index (χ3v) is 11.8. The van der Waals surface area contributed by atoms with E-state index >= 15 is 4.39 Å². The number of piperidine rings is 1. The number of pyridine rings is 1. The van der Waals surface area contributed by atoms with Crippen molar-refractivity contribution in [3.63, 3.8) is 0 Å². The minimum Gasteiger partial charge on any atom is -0.381 e. The van der Waals surface area contributed by atoms with Crippen molar-refractivity contribution in [1.82, 2.24) is 23.7 Å². The van der Waals surface area contributed by atoms with Crippen molar-refractivity contribution < 1.29 is 21.2 Å². The standard InChI is InChI=1S/C35H38FN7O5S2/c1-41-17-7-8-27(23-41)38-25-11-13-26(14-12-25)39-35-37-22-24-20-31(34(44)43(33(24)40-35)19-18-42(2)49(3,45)46)30-16-15-29(21-32(30)36)50(47,48)28-9-5-4-6-10-28/h4-6,9-16,20-22,27,38H,7-8,17-19,23H2,1-3H3,(H,37,39,40). The zero-order chi connectivity index (χ0) is 35.6. The minimum absolute atomic E-state index is 0.0110. The van der Waals surface area contributed by atoms with Gasteiger partial charge < -0.3 is 15.5 Å². The van der Waals surface area contributed by atoms with Crippen LogP contribution in [0.5, 0.6) is 0 Å². The van der Waals surface area contributed by atoms with Gasteiger partial charge in [0.2, 0.25) is 25.8 Å². The lowest BCUT2D eigenvalue weighted by atomic mass is 10.1. The van der Waals surface area contributed by atoms with Crippen LogP contribution in [-0.2, 0) is 26.4 Å². The maximum atomic E-state index is 15.7. The number of likely N-dealkylation sites (N-methyl/N-ethyl adjacent to an activating group) is 2. The summed E-state index contributed by atoms with van der Waals surface area (Å²) in [7, 11) is -4.06. The number of hydrogen-bond donors (Lipinski definition) is 2. The van der Waals surface area contributed by atoms with Crippen molar-refractivity contribution in [2.24, 2.45) is 0 Å². The molecule has 0 radical (unpaired) electrons. The highest BCUT2D eigenvalue weighted by Gasteiger charge is 2.23. The molecule has 5 aromatic rings. The van der Waals surface area contributed by atoms with Crippen LogP contribution in [0.15, 0.2) is 99.6 Å². The molecule has 2 aromatic heterocycles. The molecule has 50 heavy (non-hydrogen) atoms. The van der Waals surface area contributed by atoms with Crippen molar-refractivity contribution in [3.05, 3.63) is 101 Å². The number of nitrogens with one attached hydrogen (secondary N) is 2. The van der Waals surface area contributed by atoms with Gasteiger partial charge in [0.25, 0.3) is 5.56 Å². The molecule has 262 valence electrons. The van der Waals surface area contributed by atoms with E-state index in [4.69, 9.17) is 0 Å². The number of sulfonamides is 1. The summed E-state index contributed by atoms with van der Waals surface area (Å²) in [6, 6.07) is 20.6. The van der Waals surface area contributed by atoms with Crippen LogP contribution < -0.4 is 16.2 Å². The van der Waals surface area contributed by atoms with Crippen LogP contribution in [0, 0.1) is 5.82 Å². The van der Waals surface area contributed by atoms with Crippen molar-refractivity contribution in [1.29, 1.82) is 0 Å². The third-order valence-electron chi connectivity index (χ3n) is 8.76. The molecule has 12 nitrogen and oxygen atoms in total. The smallest absolute Gasteiger partial charge is 0.260 e. The van der Waals surface area contributed by atoms with E-state index in [9.17, 15) is 21.6 Å². The minimum atomic E-state index is -4.01. The predicted molar refractivity (Wildman–Crippen MR) is 192 cm³/mol. The van der Waals surface area contributed by atoms with E-state index in [0.29, 0.717) is 17.1 Å². The highest BCUT2D eigenvalue weighted by molar-refractivity contribution is 7.91. The first kappa shape index (κ1) is 35.1. The molecule has 0 aliphatic carbocycles. The first-order valence-corrected chi connectivity index (χ1v) is 19.4. The Kier molecular flexibility index (Phi) is 10.0.